The Kier molecular flexibility index (Phi) is 13.6. The van der Waals surface area contributed by atoms with E-state index < -0.39 is 47.0 Å². The SMILES string of the molecule is Cc1ncsc1-c1ccc(CNC(=O)[C@@H]2C[C@@H](O)CN2C(=O)[C@@H](NC(=O)C2(F)CC2)C(C)(C)C)c(OCCc2ccc(CN3CCN(c4cc(-c5ccccc5O)nnc4N)CC3)cc2)c1. The van der Waals surface area contributed by atoms with Gasteiger partial charge in [0.05, 0.1) is 40.2 Å². The lowest BCUT2D eigenvalue weighted by Gasteiger charge is -2.36. The van der Waals surface area contributed by atoms with E-state index in [-0.39, 0.29) is 38.1 Å². The minimum atomic E-state index is -1.97. The van der Waals surface area contributed by atoms with Crippen LogP contribution in [0.15, 0.2) is 78.3 Å². The van der Waals surface area contributed by atoms with Crippen molar-refractivity contribution in [1.82, 2.24) is 35.6 Å². The molecule has 0 spiro atoms. The molecule has 4 heterocycles. The van der Waals surface area contributed by atoms with Gasteiger partial charge in [-0.05, 0) is 66.1 Å². The number of carbonyl (C=O) groups is 3. The minimum Gasteiger partial charge on any atom is -0.507 e. The summed E-state index contributed by atoms with van der Waals surface area (Å²) in [5.74, 6) is -0.711. The molecular weight excluding hydrogens is 862 g/mol. The fraction of sp³-hybridized carbons (Fsp3) is 0.429. The van der Waals surface area contributed by atoms with Gasteiger partial charge in [0, 0.05) is 69.8 Å². The Labute approximate surface area is 388 Å². The summed E-state index contributed by atoms with van der Waals surface area (Å²) in [7, 11) is 0. The average Bonchev–Trinajstić information content (AvgIpc) is 3.70. The zero-order chi connectivity index (χ0) is 46.8. The van der Waals surface area contributed by atoms with Gasteiger partial charge in [0.2, 0.25) is 11.8 Å². The number of anilines is 2. The number of rotatable bonds is 15. The van der Waals surface area contributed by atoms with Crippen LogP contribution in [0.2, 0.25) is 0 Å². The van der Waals surface area contributed by atoms with Crippen LogP contribution in [0.1, 0.15) is 62.4 Å². The van der Waals surface area contributed by atoms with Crippen molar-refractivity contribution in [3.05, 3.63) is 101 Å². The molecule has 17 heteroatoms. The lowest BCUT2D eigenvalue weighted by molar-refractivity contribution is -0.145. The number of thiazole rings is 1. The number of ether oxygens (including phenoxy) is 1. The van der Waals surface area contributed by atoms with Crippen molar-refractivity contribution < 1.29 is 33.7 Å². The Morgan fingerprint density at radius 2 is 1.73 bits per heavy atom. The molecule has 8 rings (SSSR count). The number of halogens is 1. The molecule has 3 fully saturated rings. The second-order valence-electron chi connectivity index (χ2n) is 18.6. The summed E-state index contributed by atoms with van der Waals surface area (Å²) in [5, 5.41) is 35.0. The number of carbonyl (C=O) groups excluding carboxylic acids is 3. The predicted molar refractivity (Wildman–Crippen MR) is 251 cm³/mol. The minimum absolute atomic E-state index is 0.0290. The van der Waals surface area contributed by atoms with Gasteiger partial charge in [-0.15, -0.1) is 21.5 Å². The van der Waals surface area contributed by atoms with Crippen molar-refractivity contribution in [3.63, 3.8) is 0 Å². The van der Waals surface area contributed by atoms with Crippen molar-refractivity contribution in [3.8, 4) is 33.2 Å². The molecule has 5 aromatic rings. The number of aliphatic hydroxyl groups excluding tert-OH is 1. The Morgan fingerprint density at radius 1 is 1.00 bits per heavy atom. The topological polar surface area (TPSA) is 199 Å². The number of nitrogens with zero attached hydrogens (tertiary/aromatic N) is 6. The molecule has 6 N–H and O–H groups in total. The molecule has 15 nitrogen and oxygen atoms in total. The van der Waals surface area contributed by atoms with Gasteiger partial charge in [0.15, 0.2) is 11.5 Å². The number of nitrogen functional groups attached to an aromatic ring is 1. The summed E-state index contributed by atoms with van der Waals surface area (Å²) in [6.07, 6.45) is -0.0483. The van der Waals surface area contributed by atoms with Crippen LogP contribution in [0, 0.1) is 12.3 Å². The van der Waals surface area contributed by atoms with Gasteiger partial charge in [-0.2, -0.15) is 0 Å². The fourth-order valence-corrected chi connectivity index (χ4v) is 9.34. The summed E-state index contributed by atoms with van der Waals surface area (Å²) < 4.78 is 21.1. The third-order valence-electron chi connectivity index (χ3n) is 12.6. The van der Waals surface area contributed by atoms with E-state index in [9.17, 15) is 29.0 Å². The normalized spacial score (nSPS) is 18.8. The number of nitrogens with one attached hydrogen (secondary N) is 2. The van der Waals surface area contributed by atoms with Crippen LogP contribution in [0.25, 0.3) is 21.7 Å². The number of aromatic hydroxyl groups is 1. The number of hydrogen-bond donors (Lipinski definition) is 5. The molecule has 2 saturated heterocycles. The maximum Gasteiger partial charge on any atom is 0.258 e. The van der Waals surface area contributed by atoms with Gasteiger partial charge in [-0.3, -0.25) is 19.3 Å². The molecule has 1 aliphatic carbocycles. The number of benzene rings is 3. The van der Waals surface area contributed by atoms with Crippen LogP contribution in [0.5, 0.6) is 11.5 Å². The number of piperazine rings is 1. The third-order valence-corrected chi connectivity index (χ3v) is 13.6. The van der Waals surface area contributed by atoms with E-state index in [0.29, 0.717) is 35.9 Å². The number of phenolic OH excluding ortho intramolecular Hbond substituents is 1. The van der Waals surface area contributed by atoms with Crippen LogP contribution in [0.3, 0.4) is 0 Å². The average molecular weight is 920 g/mol. The molecule has 2 aliphatic heterocycles. The fourth-order valence-electron chi connectivity index (χ4n) is 8.53. The van der Waals surface area contributed by atoms with Crippen molar-refractivity contribution >= 4 is 40.6 Å². The molecule has 0 bridgehead atoms. The van der Waals surface area contributed by atoms with Gasteiger partial charge in [0.1, 0.15) is 23.6 Å². The van der Waals surface area contributed by atoms with Crippen LogP contribution in [0.4, 0.5) is 15.9 Å². The number of aromatic nitrogens is 3. The number of alkyl halides is 1. The molecule has 3 atom stereocenters. The maximum absolute atomic E-state index is 14.7. The first-order valence-corrected chi connectivity index (χ1v) is 23.3. The van der Waals surface area contributed by atoms with Gasteiger partial charge in [-0.1, -0.05) is 69.3 Å². The summed E-state index contributed by atoms with van der Waals surface area (Å²) >= 11 is 1.53. The van der Waals surface area contributed by atoms with Crippen LogP contribution in [-0.2, 0) is 33.9 Å². The smallest absolute Gasteiger partial charge is 0.258 e. The maximum atomic E-state index is 14.7. The summed E-state index contributed by atoms with van der Waals surface area (Å²) in [6.45, 7) is 11.7. The quantitative estimate of drug-likeness (QED) is 0.0896. The van der Waals surface area contributed by atoms with E-state index >= 15 is 0 Å². The van der Waals surface area contributed by atoms with E-state index in [1.54, 1.807) is 38.4 Å². The number of hydrogen-bond acceptors (Lipinski definition) is 13. The summed E-state index contributed by atoms with van der Waals surface area (Å²) in [5.41, 5.74) is 12.2. The number of likely N-dealkylation sites (tertiary alicyclic amines) is 1. The number of nitrogens with two attached hydrogens (primary N) is 1. The van der Waals surface area contributed by atoms with E-state index in [4.69, 9.17) is 10.5 Å². The number of aliphatic hydroxyl groups is 1. The number of aryl methyl sites for hydroxylation is 1. The van der Waals surface area contributed by atoms with E-state index in [2.05, 4.69) is 59.9 Å². The number of β-amino-alcohol motifs (C(OH)–C–C–N with tert-alkyl or cyclic N) is 1. The molecule has 3 aromatic carbocycles. The molecular formula is C49H58FN9O6S. The molecule has 66 heavy (non-hydrogen) atoms. The highest BCUT2D eigenvalue weighted by Crippen LogP contribution is 2.41. The van der Waals surface area contributed by atoms with Crippen molar-refractivity contribution in [1.29, 1.82) is 0 Å². The molecule has 0 unspecified atom stereocenters. The van der Waals surface area contributed by atoms with Gasteiger partial charge >= 0.3 is 0 Å². The summed E-state index contributed by atoms with van der Waals surface area (Å²) in [6, 6.07) is 21.2. The molecule has 2 aromatic heterocycles. The van der Waals surface area contributed by atoms with Crippen molar-refractivity contribution in [2.45, 2.75) is 90.3 Å². The molecule has 0 radical (unpaired) electrons. The Morgan fingerprint density at radius 3 is 2.41 bits per heavy atom. The largest absolute Gasteiger partial charge is 0.507 e. The van der Waals surface area contributed by atoms with Gasteiger partial charge in [0.25, 0.3) is 5.91 Å². The van der Waals surface area contributed by atoms with Crippen molar-refractivity contribution in [2.75, 3.05) is 50.0 Å². The lowest BCUT2D eigenvalue weighted by atomic mass is 9.85. The second-order valence-corrected chi connectivity index (χ2v) is 19.5. The first-order valence-electron chi connectivity index (χ1n) is 22.5. The molecule has 1 saturated carbocycles. The van der Waals surface area contributed by atoms with Crippen LogP contribution < -0.4 is 26.0 Å². The highest BCUT2D eigenvalue weighted by molar-refractivity contribution is 7.13. The lowest BCUT2D eigenvalue weighted by Crippen LogP contribution is -2.59. The first kappa shape index (κ1) is 46.4. The van der Waals surface area contributed by atoms with E-state index in [1.165, 1.54) is 21.8 Å². The van der Waals surface area contributed by atoms with Crippen molar-refractivity contribution in [2.24, 2.45) is 5.41 Å². The standard InChI is InChI=1S/C49H58FN9O6S/c1-30-42(66-29-53-30)33-13-14-34(26-52-45(62)39-24-35(60)28-59(39)46(63)43(48(2,3)4)54-47(64)49(50)16-17-49)41(23-33)65-22-15-31-9-11-32(12-10-31)27-57-18-20-58(21-19-57)38-25-37(55-56-44(38)51)36-7-5-6-8-40(36)61/h5-14,23,25,29,35,39,43,60-61H,15-22,24,26-28H2,1-4H3,(H2,51,56)(H,52,62)(H,54,64)/t35-,39+,43-/m1/s1. The molecule has 3 aliphatic rings. The molecule has 348 valence electrons. The first-order chi connectivity index (χ1) is 31.6. The number of amides is 3. The predicted octanol–water partition coefficient (Wildman–Crippen LogP) is 5.42. The van der Waals surface area contributed by atoms with E-state index in [0.717, 1.165) is 65.7 Å². The Bertz CT molecular complexity index is 2560. The van der Waals surface area contributed by atoms with Crippen LogP contribution in [-0.4, -0.2) is 116 Å². The zero-order valence-corrected chi connectivity index (χ0v) is 38.6. The monoisotopic (exact) mass is 919 g/mol. The highest BCUT2D eigenvalue weighted by atomic mass is 32.1. The zero-order valence-electron chi connectivity index (χ0n) is 37.8. The number of para-hydroxylation sites is 1. The van der Waals surface area contributed by atoms with Gasteiger partial charge < -0.3 is 41.1 Å². The van der Waals surface area contributed by atoms with Gasteiger partial charge in [-0.25, -0.2) is 9.37 Å². The van der Waals surface area contributed by atoms with E-state index in [1.807, 2.05) is 43.3 Å². The Hall–Kier alpha value is -6.17. The Balaban J connectivity index is 0.871. The number of phenols is 1. The third kappa shape index (κ3) is 10.6. The summed E-state index contributed by atoms with van der Waals surface area (Å²) in [4.78, 5) is 51.9. The van der Waals surface area contributed by atoms with Crippen LogP contribution >= 0.6 is 11.3 Å². The molecule has 3 amide bonds. The highest BCUT2D eigenvalue weighted by Gasteiger charge is 2.53. The second kappa shape index (κ2) is 19.4.